The first-order valence-corrected chi connectivity index (χ1v) is 10.0. The number of nitrogens with two attached hydrogens (primary N) is 1. The molecule has 1 aliphatic carbocycles. The molecule has 0 saturated heterocycles. The molecular weight excluding hydrogens is 380 g/mol. The fourth-order valence-electron chi connectivity index (χ4n) is 4.06. The summed E-state index contributed by atoms with van der Waals surface area (Å²) in [6.45, 7) is 3.52. The number of ether oxygens (including phenoxy) is 1. The molecule has 0 bridgehead atoms. The number of methoxy groups -OCH3 is 1. The van der Waals surface area contributed by atoms with Crippen LogP contribution >= 0.6 is 0 Å². The molecule has 1 fully saturated rings. The Bertz CT molecular complexity index is 1240. The van der Waals surface area contributed by atoms with E-state index in [4.69, 9.17) is 15.5 Å². The number of aliphatic hydroxyl groups is 1. The number of rotatable bonds is 4. The van der Waals surface area contributed by atoms with E-state index in [1.54, 1.807) is 31.7 Å². The molecule has 0 spiro atoms. The molecular formula is C22H24N6O2. The lowest BCUT2D eigenvalue weighted by atomic mass is 9.72. The highest BCUT2D eigenvalue weighted by atomic mass is 16.5. The first-order valence-electron chi connectivity index (χ1n) is 10.0. The van der Waals surface area contributed by atoms with Crippen LogP contribution in [0.2, 0.25) is 0 Å². The van der Waals surface area contributed by atoms with Crippen LogP contribution in [0.15, 0.2) is 36.5 Å². The zero-order valence-electron chi connectivity index (χ0n) is 17.2. The number of nitrogen functional groups attached to an aromatic ring is 1. The Morgan fingerprint density at radius 2 is 1.93 bits per heavy atom. The smallest absolute Gasteiger partial charge is 0.223 e. The lowest BCUT2D eigenvalue weighted by Gasteiger charge is -2.33. The summed E-state index contributed by atoms with van der Waals surface area (Å²) in [4.78, 5) is 13.8. The Morgan fingerprint density at radius 3 is 2.60 bits per heavy atom. The molecule has 1 aliphatic rings. The highest BCUT2D eigenvalue weighted by Crippen LogP contribution is 2.46. The van der Waals surface area contributed by atoms with Crippen LogP contribution in [0.5, 0.6) is 5.75 Å². The number of nitrogens with zero attached hydrogens (tertiary/aromatic N) is 5. The Kier molecular flexibility index (Phi) is 4.14. The Morgan fingerprint density at radius 1 is 1.13 bits per heavy atom. The zero-order valence-corrected chi connectivity index (χ0v) is 17.2. The average molecular weight is 404 g/mol. The zero-order chi connectivity index (χ0) is 21.0. The number of pyridine rings is 1. The van der Waals surface area contributed by atoms with Crippen molar-refractivity contribution in [2.75, 3.05) is 12.8 Å². The van der Waals surface area contributed by atoms with Crippen molar-refractivity contribution in [1.82, 2.24) is 24.6 Å². The van der Waals surface area contributed by atoms with E-state index in [1.165, 1.54) is 0 Å². The minimum absolute atomic E-state index is 0.255. The van der Waals surface area contributed by atoms with Crippen LogP contribution in [-0.4, -0.2) is 36.8 Å². The van der Waals surface area contributed by atoms with Gasteiger partial charge in [0.15, 0.2) is 11.5 Å². The number of fused-ring (bicyclic) bond motifs is 3. The van der Waals surface area contributed by atoms with Crippen molar-refractivity contribution in [2.45, 2.75) is 44.1 Å². The van der Waals surface area contributed by atoms with Gasteiger partial charge in [-0.3, -0.25) is 4.98 Å². The lowest BCUT2D eigenvalue weighted by Crippen LogP contribution is -2.23. The maximum absolute atomic E-state index is 10.1. The lowest BCUT2D eigenvalue weighted by molar-refractivity contribution is 0.0781. The first-order chi connectivity index (χ1) is 14.3. The summed E-state index contributed by atoms with van der Waals surface area (Å²) in [7, 11) is 1.61. The van der Waals surface area contributed by atoms with E-state index in [9.17, 15) is 5.11 Å². The van der Waals surface area contributed by atoms with E-state index < -0.39 is 5.60 Å². The molecule has 3 N–H and O–H groups in total. The second-order valence-electron chi connectivity index (χ2n) is 8.43. The summed E-state index contributed by atoms with van der Waals surface area (Å²) in [5.74, 6) is 2.36. The highest BCUT2D eigenvalue weighted by molar-refractivity contribution is 5.95. The summed E-state index contributed by atoms with van der Waals surface area (Å²) in [6.07, 6.45) is 3.62. The van der Waals surface area contributed by atoms with Crippen molar-refractivity contribution in [1.29, 1.82) is 0 Å². The molecule has 0 unspecified atom stereocenters. The standard InChI is InChI=1S/C22H24N6O2/c1-22(2,29)14-7-8-16(24-11-14)12-9-13(10-12)19-26-20-15-5-4-6-17(30-3)18(15)25-21(23)28(20)27-19/h4-8,11-13,29H,9-10H2,1-3H3,(H2,23,25). The number of aromatic nitrogens is 5. The summed E-state index contributed by atoms with van der Waals surface area (Å²) >= 11 is 0. The summed E-state index contributed by atoms with van der Waals surface area (Å²) < 4.78 is 7.02. The van der Waals surface area contributed by atoms with Crippen LogP contribution in [0, 0.1) is 0 Å². The largest absolute Gasteiger partial charge is 0.494 e. The first kappa shape index (κ1) is 18.7. The molecule has 0 aliphatic heterocycles. The van der Waals surface area contributed by atoms with Crippen LogP contribution < -0.4 is 10.5 Å². The molecule has 4 aromatic rings. The summed E-state index contributed by atoms with van der Waals surface area (Å²) in [5.41, 5.74) is 8.51. The van der Waals surface area contributed by atoms with Crippen LogP contribution in [0.25, 0.3) is 16.6 Å². The van der Waals surface area contributed by atoms with Gasteiger partial charge in [-0.1, -0.05) is 12.1 Å². The maximum Gasteiger partial charge on any atom is 0.223 e. The minimum Gasteiger partial charge on any atom is -0.494 e. The van der Waals surface area contributed by atoms with Gasteiger partial charge in [0.05, 0.1) is 12.7 Å². The molecule has 0 radical (unpaired) electrons. The minimum atomic E-state index is -0.881. The summed E-state index contributed by atoms with van der Waals surface area (Å²) in [6, 6.07) is 9.68. The molecule has 5 rings (SSSR count). The molecule has 154 valence electrons. The van der Waals surface area contributed by atoms with Gasteiger partial charge in [-0.05, 0) is 44.9 Å². The number of para-hydroxylation sites is 1. The van der Waals surface area contributed by atoms with E-state index in [1.807, 2.05) is 30.3 Å². The van der Waals surface area contributed by atoms with Crippen molar-refractivity contribution < 1.29 is 9.84 Å². The van der Waals surface area contributed by atoms with Gasteiger partial charge >= 0.3 is 0 Å². The molecule has 1 aromatic carbocycles. The predicted octanol–water partition coefficient (Wildman–Crippen LogP) is 3.15. The van der Waals surface area contributed by atoms with Crippen molar-refractivity contribution in [2.24, 2.45) is 0 Å². The second-order valence-corrected chi connectivity index (χ2v) is 8.43. The number of anilines is 1. The van der Waals surface area contributed by atoms with E-state index in [2.05, 4.69) is 15.1 Å². The molecule has 8 nitrogen and oxygen atoms in total. The van der Waals surface area contributed by atoms with Gasteiger partial charge in [0.25, 0.3) is 0 Å². The normalized spacial score (nSPS) is 19.2. The highest BCUT2D eigenvalue weighted by Gasteiger charge is 2.35. The van der Waals surface area contributed by atoms with Crippen molar-refractivity contribution in [3.8, 4) is 5.75 Å². The molecule has 3 aromatic heterocycles. The Labute approximate surface area is 173 Å². The van der Waals surface area contributed by atoms with Crippen LogP contribution in [0.3, 0.4) is 0 Å². The van der Waals surface area contributed by atoms with Gasteiger partial charge in [-0.2, -0.15) is 4.52 Å². The number of benzene rings is 1. The molecule has 1 saturated carbocycles. The van der Waals surface area contributed by atoms with E-state index in [0.717, 1.165) is 35.3 Å². The number of hydrogen-bond donors (Lipinski definition) is 2. The third kappa shape index (κ3) is 2.95. The van der Waals surface area contributed by atoms with Crippen molar-refractivity contribution in [3.63, 3.8) is 0 Å². The van der Waals surface area contributed by atoms with E-state index >= 15 is 0 Å². The second kappa shape index (κ2) is 6.63. The monoisotopic (exact) mass is 404 g/mol. The number of hydrogen-bond acceptors (Lipinski definition) is 7. The van der Waals surface area contributed by atoms with Crippen LogP contribution in [0.1, 0.15) is 55.6 Å². The van der Waals surface area contributed by atoms with Crippen LogP contribution in [-0.2, 0) is 5.60 Å². The van der Waals surface area contributed by atoms with Gasteiger partial charge < -0.3 is 15.6 Å². The van der Waals surface area contributed by atoms with Gasteiger partial charge in [-0.15, -0.1) is 5.10 Å². The fraction of sp³-hybridized carbons (Fsp3) is 0.364. The Hall–Kier alpha value is -3.26. The molecule has 3 heterocycles. The third-order valence-electron chi connectivity index (χ3n) is 5.94. The topological polar surface area (TPSA) is 111 Å². The fourth-order valence-corrected chi connectivity index (χ4v) is 4.06. The quantitative estimate of drug-likeness (QED) is 0.537. The average Bonchev–Trinajstić information content (AvgIpc) is 3.12. The van der Waals surface area contributed by atoms with Crippen molar-refractivity contribution in [3.05, 3.63) is 53.6 Å². The molecule has 30 heavy (non-hydrogen) atoms. The maximum atomic E-state index is 10.1. The van der Waals surface area contributed by atoms with Gasteiger partial charge in [0, 0.05) is 34.7 Å². The predicted molar refractivity (Wildman–Crippen MR) is 113 cm³/mol. The van der Waals surface area contributed by atoms with E-state index in [0.29, 0.717) is 28.8 Å². The molecule has 0 amide bonds. The van der Waals surface area contributed by atoms with Crippen molar-refractivity contribution >= 4 is 22.5 Å². The third-order valence-corrected chi connectivity index (χ3v) is 5.94. The Balaban J connectivity index is 1.42. The molecule has 8 heteroatoms. The van der Waals surface area contributed by atoms with Gasteiger partial charge in [0.1, 0.15) is 11.3 Å². The van der Waals surface area contributed by atoms with E-state index in [-0.39, 0.29) is 5.92 Å². The van der Waals surface area contributed by atoms with Gasteiger partial charge in [-0.25, -0.2) is 9.97 Å². The summed E-state index contributed by atoms with van der Waals surface area (Å²) in [5, 5.41) is 15.6. The van der Waals surface area contributed by atoms with Crippen LogP contribution in [0.4, 0.5) is 5.95 Å². The van der Waals surface area contributed by atoms with Gasteiger partial charge in [0.2, 0.25) is 5.95 Å². The molecule has 0 atom stereocenters. The SMILES string of the molecule is COc1cccc2c1nc(N)n1nc(C3CC(c4ccc(C(C)(C)O)cn4)C3)nc21.